The Bertz CT molecular complexity index is 680. The van der Waals surface area contributed by atoms with Gasteiger partial charge in [0.2, 0.25) is 0 Å². The molecule has 7 heteroatoms. The van der Waals surface area contributed by atoms with Gasteiger partial charge in [-0.25, -0.2) is 4.79 Å². The third kappa shape index (κ3) is 2.54. The van der Waals surface area contributed by atoms with E-state index in [0.717, 1.165) is 12.0 Å². The highest BCUT2D eigenvalue weighted by Gasteiger charge is 2.63. The first-order chi connectivity index (χ1) is 10.4. The minimum Gasteiger partial charge on any atom is -0.331 e. The number of benzene rings is 1. The van der Waals surface area contributed by atoms with Crippen molar-refractivity contribution in [2.75, 3.05) is 0 Å². The van der Waals surface area contributed by atoms with Crippen LogP contribution < -0.4 is 10.6 Å². The second-order valence-corrected chi connectivity index (χ2v) is 6.33. The van der Waals surface area contributed by atoms with Crippen LogP contribution in [0.3, 0.4) is 0 Å². The number of carbonyl (C=O) groups is 1. The lowest BCUT2D eigenvalue weighted by molar-refractivity contribution is 0.231. The number of aromatic nitrogens is 4. The fourth-order valence-corrected chi connectivity index (χ4v) is 2.91. The fraction of sp³-hybridized carbons (Fsp3) is 0.467. The quantitative estimate of drug-likeness (QED) is 0.892. The van der Waals surface area contributed by atoms with Gasteiger partial charge in [-0.2, -0.15) is 4.80 Å². The SMILES string of the molecule is Cn1nnc(CNC(=O)NC2(c3ccccc3)CC2(C)C)n1. The number of rotatable bonds is 4. The summed E-state index contributed by atoms with van der Waals surface area (Å²) in [7, 11) is 1.69. The highest BCUT2D eigenvalue weighted by atomic mass is 16.2. The lowest BCUT2D eigenvalue weighted by atomic mass is 9.96. The zero-order chi connectivity index (χ0) is 15.8. The maximum atomic E-state index is 12.2. The maximum absolute atomic E-state index is 12.2. The van der Waals surface area contributed by atoms with E-state index in [0.29, 0.717) is 5.82 Å². The lowest BCUT2D eigenvalue weighted by Gasteiger charge is -2.23. The molecule has 0 saturated heterocycles. The van der Waals surface area contributed by atoms with E-state index in [-0.39, 0.29) is 23.5 Å². The minimum absolute atomic E-state index is 0.0382. The zero-order valence-corrected chi connectivity index (χ0v) is 13.0. The number of nitrogens with one attached hydrogen (secondary N) is 2. The monoisotopic (exact) mass is 300 g/mol. The topological polar surface area (TPSA) is 84.7 Å². The molecule has 116 valence electrons. The summed E-state index contributed by atoms with van der Waals surface area (Å²) in [5.74, 6) is 0.487. The smallest absolute Gasteiger partial charge is 0.315 e. The van der Waals surface area contributed by atoms with E-state index in [1.54, 1.807) is 7.05 Å². The molecule has 1 aliphatic carbocycles. The summed E-state index contributed by atoms with van der Waals surface area (Å²) >= 11 is 0. The van der Waals surface area contributed by atoms with Crippen LogP contribution in [0.15, 0.2) is 30.3 Å². The first-order valence-electron chi connectivity index (χ1n) is 7.27. The van der Waals surface area contributed by atoms with Gasteiger partial charge in [0.1, 0.15) is 0 Å². The molecule has 2 aromatic rings. The first-order valence-corrected chi connectivity index (χ1v) is 7.27. The number of aryl methyl sites for hydroxylation is 1. The van der Waals surface area contributed by atoms with Crippen LogP contribution in [0.5, 0.6) is 0 Å². The van der Waals surface area contributed by atoms with Crippen molar-refractivity contribution < 1.29 is 4.79 Å². The molecule has 0 spiro atoms. The van der Waals surface area contributed by atoms with Crippen LogP contribution in [0.1, 0.15) is 31.7 Å². The average molecular weight is 300 g/mol. The third-order valence-corrected chi connectivity index (χ3v) is 4.29. The Balaban J connectivity index is 1.66. The summed E-state index contributed by atoms with van der Waals surface area (Å²) in [6, 6.07) is 9.86. The molecule has 1 atom stereocenters. The summed E-state index contributed by atoms with van der Waals surface area (Å²) in [6.45, 7) is 4.57. The molecule has 0 aliphatic heterocycles. The summed E-state index contributed by atoms with van der Waals surface area (Å²) < 4.78 is 0. The Morgan fingerprint density at radius 3 is 2.55 bits per heavy atom. The van der Waals surface area contributed by atoms with Crippen LogP contribution in [0.2, 0.25) is 0 Å². The van der Waals surface area contributed by atoms with E-state index in [1.165, 1.54) is 4.80 Å². The molecule has 0 bridgehead atoms. The zero-order valence-electron chi connectivity index (χ0n) is 13.0. The van der Waals surface area contributed by atoms with Gasteiger partial charge in [0.05, 0.1) is 19.1 Å². The lowest BCUT2D eigenvalue weighted by Crippen LogP contribution is -2.44. The van der Waals surface area contributed by atoms with Crippen LogP contribution in [-0.2, 0) is 19.1 Å². The summed E-state index contributed by atoms with van der Waals surface area (Å²) in [6.07, 6.45) is 0.917. The van der Waals surface area contributed by atoms with Crippen molar-refractivity contribution >= 4 is 6.03 Å². The molecule has 1 saturated carbocycles. The van der Waals surface area contributed by atoms with Crippen molar-refractivity contribution in [3.05, 3.63) is 41.7 Å². The second kappa shape index (κ2) is 5.08. The molecule has 1 unspecified atom stereocenters. The van der Waals surface area contributed by atoms with E-state index >= 15 is 0 Å². The number of carbonyl (C=O) groups excluding carboxylic acids is 1. The minimum atomic E-state index is -0.311. The molecule has 1 aliphatic rings. The van der Waals surface area contributed by atoms with Crippen molar-refractivity contribution in [2.24, 2.45) is 12.5 Å². The van der Waals surface area contributed by atoms with Crippen LogP contribution in [0.25, 0.3) is 0 Å². The van der Waals surface area contributed by atoms with E-state index < -0.39 is 0 Å². The van der Waals surface area contributed by atoms with Gasteiger partial charge in [0.15, 0.2) is 5.82 Å². The molecular formula is C15H20N6O. The van der Waals surface area contributed by atoms with Gasteiger partial charge >= 0.3 is 6.03 Å². The van der Waals surface area contributed by atoms with Gasteiger partial charge < -0.3 is 10.6 Å². The Kier molecular flexibility index (Phi) is 3.35. The van der Waals surface area contributed by atoms with Crippen LogP contribution in [-0.4, -0.2) is 26.2 Å². The Hall–Kier alpha value is -2.44. The normalized spacial score (nSPS) is 22.1. The number of tetrazole rings is 1. The highest BCUT2D eigenvalue weighted by molar-refractivity contribution is 5.76. The molecule has 3 rings (SSSR count). The van der Waals surface area contributed by atoms with Gasteiger partial charge in [-0.1, -0.05) is 44.2 Å². The van der Waals surface area contributed by atoms with Crippen molar-refractivity contribution in [1.82, 2.24) is 30.8 Å². The molecule has 1 aromatic carbocycles. The van der Waals surface area contributed by atoms with Crippen molar-refractivity contribution in [1.29, 1.82) is 0 Å². The highest BCUT2D eigenvalue weighted by Crippen LogP contribution is 2.62. The van der Waals surface area contributed by atoms with E-state index in [1.807, 2.05) is 18.2 Å². The number of hydrogen-bond donors (Lipinski definition) is 2. The largest absolute Gasteiger partial charge is 0.331 e. The van der Waals surface area contributed by atoms with Gasteiger partial charge in [-0.15, -0.1) is 10.2 Å². The molecule has 2 amide bonds. The standard InChI is InChI=1S/C15H20N6O/c1-14(2)10-15(14,11-7-5-4-6-8-11)17-13(22)16-9-12-18-20-21(3)19-12/h4-8H,9-10H2,1-3H3,(H2,16,17,22). The van der Waals surface area contributed by atoms with Gasteiger partial charge in [-0.3, -0.25) is 0 Å². The average Bonchev–Trinajstić information content (AvgIpc) is 2.81. The summed E-state index contributed by atoms with van der Waals surface area (Å²) in [4.78, 5) is 13.6. The van der Waals surface area contributed by atoms with Crippen LogP contribution in [0, 0.1) is 5.41 Å². The number of nitrogens with zero attached hydrogens (tertiary/aromatic N) is 4. The van der Waals surface area contributed by atoms with Crippen molar-refractivity contribution in [3.63, 3.8) is 0 Å². The third-order valence-electron chi connectivity index (χ3n) is 4.29. The summed E-state index contributed by atoms with van der Waals surface area (Å²) in [5, 5.41) is 17.5. The molecule has 2 N–H and O–H groups in total. The molecule has 0 radical (unpaired) electrons. The predicted molar refractivity (Wildman–Crippen MR) is 80.7 cm³/mol. The first kappa shape index (κ1) is 14.5. The van der Waals surface area contributed by atoms with Gasteiger partial charge in [0.25, 0.3) is 0 Å². The van der Waals surface area contributed by atoms with Crippen LogP contribution >= 0.6 is 0 Å². The second-order valence-electron chi connectivity index (χ2n) is 6.33. The molecule has 1 heterocycles. The molecule has 22 heavy (non-hydrogen) atoms. The molecular weight excluding hydrogens is 280 g/mol. The van der Waals surface area contributed by atoms with Crippen LogP contribution in [0.4, 0.5) is 4.79 Å². The number of urea groups is 1. The maximum Gasteiger partial charge on any atom is 0.315 e. The van der Waals surface area contributed by atoms with E-state index in [9.17, 15) is 4.79 Å². The Morgan fingerprint density at radius 2 is 2.00 bits per heavy atom. The Morgan fingerprint density at radius 1 is 1.32 bits per heavy atom. The molecule has 7 nitrogen and oxygen atoms in total. The van der Waals surface area contributed by atoms with E-state index in [2.05, 4.69) is 52.0 Å². The molecule has 1 fully saturated rings. The van der Waals surface area contributed by atoms with Crippen molar-refractivity contribution in [3.8, 4) is 0 Å². The van der Waals surface area contributed by atoms with Gasteiger partial charge in [0, 0.05) is 0 Å². The fourth-order valence-electron chi connectivity index (χ4n) is 2.91. The van der Waals surface area contributed by atoms with Crippen molar-refractivity contribution in [2.45, 2.75) is 32.4 Å². The Labute approximate surface area is 129 Å². The molecule has 1 aromatic heterocycles. The predicted octanol–water partition coefficient (Wildman–Crippen LogP) is 1.33. The van der Waals surface area contributed by atoms with E-state index in [4.69, 9.17) is 0 Å². The number of amides is 2. The number of hydrogen-bond acceptors (Lipinski definition) is 4. The summed E-state index contributed by atoms with van der Waals surface area (Å²) in [5.41, 5.74) is 0.859. The van der Waals surface area contributed by atoms with Gasteiger partial charge in [-0.05, 0) is 22.6 Å².